The number of rotatable bonds is 5. The summed E-state index contributed by atoms with van der Waals surface area (Å²) in [6, 6.07) is 3.28. The van der Waals surface area contributed by atoms with Crippen molar-refractivity contribution in [2.24, 2.45) is 0 Å². The monoisotopic (exact) mass is 426 g/mol. The maximum atomic E-state index is 12.4. The summed E-state index contributed by atoms with van der Waals surface area (Å²) < 4.78 is 43.0. The number of hydrogen-bond donors (Lipinski definition) is 2. The molecule has 0 aromatic carbocycles. The summed E-state index contributed by atoms with van der Waals surface area (Å²) >= 11 is 0. The molecule has 2 aliphatic heterocycles. The molecule has 2 fully saturated rings. The maximum Gasteiger partial charge on any atom is 0.401 e. The number of amides is 1. The standard InChI is InChI=1S/C17H19F3N6O2.C2H6/c1-16(4-6-22-14(16)27)15-25-24-13(28-15)11-3-2-5-21-12(11)23-10-7-26(8-10)9-17(18,19)20;1-2/h2-3,5,10H,4,6-9H2,1H3,(H,21,23)(H,22,27);1-2H3. The Bertz CT molecular complexity index is 881. The molecule has 11 heteroatoms. The highest BCUT2D eigenvalue weighted by atomic mass is 19.4. The van der Waals surface area contributed by atoms with Crippen molar-refractivity contribution < 1.29 is 22.4 Å². The van der Waals surface area contributed by atoms with E-state index in [0.717, 1.165) is 0 Å². The third-order valence-electron chi connectivity index (χ3n) is 5.05. The molecule has 8 nitrogen and oxygen atoms in total. The SMILES string of the molecule is CC.CC1(c2nnc(-c3cccnc3NC3CN(CC(F)(F)F)C3)o2)CCNC1=O. The fourth-order valence-corrected chi connectivity index (χ4v) is 3.42. The number of nitrogens with one attached hydrogen (secondary N) is 2. The van der Waals surface area contributed by atoms with E-state index in [1.54, 1.807) is 25.3 Å². The number of carbonyl (C=O) groups excluding carboxylic acids is 1. The second-order valence-corrected chi connectivity index (χ2v) is 7.30. The van der Waals surface area contributed by atoms with E-state index < -0.39 is 18.1 Å². The third kappa shape index (κ3) is 4.55. The lowest BCUT2D eigenvalue weighted by atomic mass is 9.89. The first kappa shape index (κ1) is 22.0. The minimum absolute atomic E-state index is 0.156. The van der Waals surface area contributed by atoms with E-state index in [9.17, 15) is 18.0 Å². The van der Waals surface area contributed by atoms with Gasteiger partial charge in [-0.25, -0.2) is 4.98 Å². The van der Waals surface area contributed by atoms with Crippen LogP contribution in [-0.4, -0.2) is 64.4 Å². The highest BCUT2D eigenvalue weighted by Crippen LogP contribution is 2.34. The molecule has 1 amide bonds. The number of alkyl halides is 3. The molecule has 2 aromatic rings. The Morgan fingerprint density at radius 1 is 1.33 bits per heavy atom. The second-order valence-electron chi connectivity index (χ2n) is 7.30. The van der Waals surface area contributed by atoms with Crippen LogP contribution in [0.15, 0.2) is 22.7 Å². The molecule has 2 aromatic heterocycles. The van der Waals surface area contributed by atoms with Gasteiger partial charge in [0.15, 0.2) is 0 Å². The zero-order valence-corrected chi connectivity index (χ0v) is 17.1. The molecule has 0 aliphatic carbocycles. The summed E-state index contributed by atoms with van der Waals surface area (Å²) in [5, 5.41) is 14.0. The van der Waals surface area contributed by atoms with Crippen molar-refractivity contribution in [2.45, 2.75) is 44.8 Å². The van der Waals surface area contributed by atoms with E-state index >= 15 is 0 Å². The summed E-state index contributed by atoms with van der Waals surface area (Å²) in [5.41, 5.74) is -0.329. The lowest BCUT2D eigenvalue weighted by Gasteiger charge is -2.40. The van der Waals surface area contributed by atoms with Gasteiger partial charge in [0.2, 0.25) is 11.8 Å². The molecule has 0 bridgehead atoms. The van der Waals surface area contributed by atoms with E-state index in [0.29, 0.717) is 24.3 Å². The van der Waals surface area contributed by atoms with Crippen molar-refractivity contribution in [1.82, 2.24) is 25.4 Å². The van der Waals surface area contributed by atoms with Crippen molar-refractivity contribution in [1.29, 1.82) is 0 Å². The average molecular weight is 426 g/mol. The normalized spacial score (nSPS) is 22.1. The highest BCUT2D eigenvalue weighted by molar-refractivity contribution is 5.88. The second kappa shape index (κ2) is 8.58. The van der Waals surface area contributed by atoms with Crippen LogP contribution in [0.4, 0.5) is 19.0 Å². The smallest absolute Gasteiger partial charge is 0.401 e. The molecule has 30 heavy (non-hydrogen) atoms. The van der Waals surface area contributed by atoms with Gasteiger partial charge in [0, 0.05) is 25.8 Å². The van der Waals surface area contributed by atoms with Crippen molar-refractivity contribution in [3.05, 3.63) is 24.2 Å². The van der Waals surface area contributed by atoms with Gasteiger partial charge in [-0.3, -0.25) is 9.69 Å². The molecule has 4 heterocycles. The zero-order valence-electron chi connectivity index (χ0n) is 17.1. The van der Waals surface area contributed by atoms with E-state index in [-0.39, 0.29) is 36.8 Å². The van der Waals surface area contributed by atoms with Crippen molar-refractivity contribution >= 4 is 11.7 Å². The predicted molar refractivity (Wildman–Crippen MR) is 104 cm³/mol. The number of aromatic nitrogens is 3. The largest absolute Gasteiger partial charge is 0.419 e. The number of hydrogen-bond acceptors (Lipinski definition) is 7. The Hall–Kier alpha value is -2.69. The van der Waals surface area contributed by atoms with Gasteiger partial charge in [0.05, 0.1) is 18.2 Å². The predicted octanol–water partition coefficient (Wildman–Crippen LogP) is 2.59. The van der Waals surface area contributed by atoms with Gasteiger partial charge in [0.1, 0.15) is 11.2 Å². The fraction of sp³-hybridized carbons (Fsp3) is 0.579. The van der Waals surface area contributed by atoms with Gasteiger partial charge < -0.3 is 15.1 Å². The van der Waals surface area contributed by atoms with Crippen LogP contribution in [0, 0.1) is 0 Å². The molecule has 0 saturated carbocycles. The van der Waals surface area contributed by atoms with Crippen molar-refractivity contribution in [3.8, 4) is 11.5 Å². The highest BCUT2D eigenvalue weighted by Gasteiger charge is 2.44. The molecule has 4 rings (SSSR count). The van der Waals surface area contributed by atoms with Gasteiger partial charge in [-0.2, -0.15) is 13.2 Å². The molecule has 0 radical (unpaired) electrons. The quantitative estimate of drug-likeness (QED) is 0.759. The average Bonchev–Trinajstić information content (AvgIpc) is 3.29. The Balaban J connectivity index is 0.00000124. The van der Waals surface area contributed by atoms with E-state index in [4.69, 9.17) is 4.42 Å². The molecule has 1 unspecified atom stereocenters. The minimum atomic E-state index is -4.20. The third-order valence-corrected chi connectivity index (χ3v) is 5.05. The molecule has 2 N–H and O–H groups in total. The Morgan fingerprint density at radius 2 is 2.07 bits per heavy atom. The Morgan fingerprint density at radius 3 is 2.70 bits per heavy atom. The van der Waals surface area contributed by atoms with Crippen molar-refractivity contribution in [3.63, 3.8) is 0 Å². The summed E-state index contributed by atoms with van der Waals surface area (Å²) in [7, 11) is 0. The number of halogens is 3. The first-order valence-electron chi connectivity index (χ1n) is 9.88. The van der Waals surface area contributed by atoms with Crippen LogP contribution in [0.3, 0.4) is 0 Å². The number of anilines is 1. The topological polar surface area (TPSA) is 96.2 Å². The minimum Gasteiger partial charge on any atom is -0.419 e. The number of nitrogens with zero attached hydrogens (tertiary/aromatic N) is 4. The summed E-state index contributed by atoms with van der Waals surface area (Å²) in [5.74, 6) is 0.729. The molecule has 164 valence electrons. The van der Waals surface area contributed by atoms with Crippen LogP contribution >= 0.6 is 0 Å². The lowest BCUT2D eigenvalue weighted by Crippen LogP contribution is -2.57. The molecule has 2 aliphatic rings. The molecular formula is C19H25F3N6O2. The van der Waals surface area contributed by atoms with Crippen LogP contribution in [0.2, 0.25) is 0 Å². The van der Waals surface area contributed by atoms with Gasteiger partial charge in [-0.15, -0.1) is 10.2 Å². The van der Waals surface area contributed by atoms with Crippen LogP contribution in [-0.2, 0) is 10.2 Å². The Labute approximate surface area is 172 Å². The number of likely N-dealkylation sites (tertiary alicyclic amines) is 1. The molecule has 2 saturated heterocycles. The van der Waals surface area contributed by atoms with Crippen LogP contribution in [0.5, 0.6) is 0 Å². The Kier molecular flexibility index (Phi) is 6.30. The first-order chi connectivity index (χ1) is 14.2. The van der Waals surface area contributed by atoms with Crippen LogP contribution in [0.1, 0.15) is 33.1 Å². The zero-order chi connectivity index (χ0) is 21.9. The van der Waals surface area contributed by atoms with Crippen molar-refractivity contribution in [2.75, 3.05) is 31.5 Å². The summed E-state index contributed by atoms with van der Waals surface area (Å²) in [6.07, 6.45) is -2.08. The van der Waals surface area contributed by atoms with Gasteiger partial charge in [-0.1, -0.05) is 13.8 Å². The van der Waals surface area contributed by atoms with Crippen LogP contribution in [0.25, 0.3) is 11.5 Å². The van der Waals surface area contributed by atoms with Gasteiger partial charge in [-0.05, 0) is 25.5 Å². The van der Waals surface area contributed by atoms with E-state index in [2.05, 4.69) is 25.8 Å². The van der Waals surface area contributed by atoms with Gasteiger partial charge >= 0.3 is 6.18 Å². The first-order valence-corrected chi connectivity index (χ1v) is 9.88. The summed E-state index contributed by atoms with van der Waals surface area (Å²) in [6.45, 7) is 5.90. The summed E-state index contributed by atoms with van der Waals surface area (Å²) in [4.78, 5) is 17.6. The molecule has 1 atom stereocenters. The maximum absolute atomic E-state index is 12.4. The number of pyridine rings is 1. The van der Waals surface area contributed by atoms with Crippen LogP contribution < -0.4 is 10.6 Å². The lowest BCUT2D eigenvalue weighted by molar-refractivity contribution is -0.153. The molecule has 0 spiro atoms. The number of carbonyl (C=O) groups is 1. The van der Waals surface area contributed by atoms with E-state index in [1.807, 2.05) is 13.8 Å². The van der Waals surface area contributed by atoms with Gasteiger partial charge in [0.25, 0.3) is 5.89 Å². The molecular weight excluding hydrogens is 401 g/mol. The van der Waals surface area contributed by atoms with E-state index in [1.165, 1.54) is 4.90 Å². The fourth-order valence-electron chi connectivity index (χ4n) is 3.42.